The summed E-state index contributed by atoms with van der Waals surface area (Å²) in [5.41, 5.74) is 4.64. The zero-order valence-electron chi connectivity index (χ0n) is 11.2. The van der Waals surface area contributed by atoms with Crippen LogP contribution in [0.1, 0.15) is 25.1 Å². The molecule has 0 saturated heterocycles. The summed E-state index contributed by atoms with van der Waals surface area (Å²) in [5.74, 6) is -0.258. The summed E-state index contributed by atoms with van der Waals surface area (Å²) in [6.45, 7) is 3.94. The molecule has 106 valence electrons. The smallest absolute Gasteiger partial charge is 0.236 e. The Balaban J connectivity index is 2.86. The van der Waals surface area contributed by atoms with Gasteiger partial charge < -0.3 is 15.8 Å². The van der Waals surface area contributed by atoms with Crippen molar-refractivity contribution in [2.45, 2.75) is 26.8 Å². The summed E-state index contributed by atoms with van der Waals surface area (Å²) in [4.78, 5) is 15.0. The molecule has 0 bridgehead atoms. The second-order valence-corrected chi connectivity index (χ2v) is 6.34. The van der Waals surface area contributed by atoms with Crippen molar-refractivity contribution in [2.75, 3.05) is 7.05 Å². The van der Waals surface area contributed by atoms with E-state index < -0.39 is 5.41 Å². The maximum absolute atomic E-state index is 12.4. The van der Waals surface area contributed by atoms with E-state index in [0.29, 0.717) is 17.3 Å². The molecule has 0 aliphatic carbocycles. The third-order valence-electron chi connectivity index (χ3n) is 3.22. The number of carbonyl (C=O) groups is 1. The van der Waals surface area contributed by atoms with E-state index in [1.807, 2.05) is 13.0 Å². The van der Waals surface area contributed by atoms with Crippen LogP contribution in [-0.4, -0.2) is 28.9 Å². The number of thiophene rings is 1. The molecular formula is C12H18ClN3O2S. The van der Waals surface area contributed by atoms with Crippen LogP contribution in [0.15, 0.2) is 17.3 Å². The molecule has 0 fully saturated rings. The molecule has 19 heavy (non-hydrogen) atoms. The Morgan fingerprint density at radius 3 is 2.68 bits per heavy atom. The SMILES string of the molecule is CCC(C)(C(=O)N(C)Cc1ccc(Cl)s1)/C(N)=N/O. The van der Waals surface area contributed by atoms with Crippen LogP contribution in [0.2, 0.25) is 4.34 Å². The molecule has 0 radical (unpaired) electrons. The Morgan fingerprint density at radius 1 is 1.63 bits per heavy atom. The average molecular weight is 304 g/mol. The van der Waals surface area contributed by atoms with Crippen LogP contribution in [0.3, 0.4) is 0 Å². The Labute approximate surface area is 121 Å². The number of amidine groups is 1. The van der Waals surface area contributed by atoms with E-state index in [1.54, 1.807) is 24.9 Å². The third kappa shape index (κ3) is 3.39. The third-order valence-corrected chi connectivity index (χ3v) is 4.44. The first-order valence-corrected chi connectivity index (χ1v) is 7.02. The number of nitrogens with zero attached hydrogens (tertiary/aromatic N) is 2. The number of halogens is 1. The van der Waals surface area contributed by atoms with E-state index >= 15 is 0 Å². The predicted octanol–water partition coefficient (Wildman–Crippen LogP) is 2.52. The maximum Gasteiger partial charge on any atom is 0.236 e. The van der Waals surface area contributed by atoms with Crippen molar-refractivity contribution >= 4 is 34.7 Å². The van der Waals surface area contributed by atoms with E-state index in [-0.39, 0.29) is 11.7 Å². The number of nitrogens with two attached hydrogens (primary N) is 1. The minimum Gasteiger partial charge on any atom is -0.409 e. The minimum atomic E-state index is -0.995. The van der Waals surface area contributed by atoms with Crippen molar-refractivity contribution in [3.8, 4) is 0 Å². The summed E-state index contributed by atoms with van der Waals surface area (Å²) in [6.07, 6.45) is 0.456. The van der Waals surface area contributed by atoms with Crippen molar-refractivity contribution in [1.82, 2.24) is 4.90 Å². The molecule has 5 nitrogen and oxygen atoms in total. The molecule has 1 aromatic rings. The quantitative estimate of drug-likeness (QED) is 0.380. The Bertz CT molecular complexity index is 489. The van der Waals surface area contributed by atoms with Gasteiger partial charge in [0.25, 0.3) is 0 Å². The molecular weight excluding hydrogens is 286 g/mol. The number of hydrogen-bond donors (Lipinski definition) is 2. The van der Waals surface area contributed by atoms with E-state index in [4.69, 9.17) is 22.5 Å². The van der Waals surface area contributed by atoms with Gasteiger partial charge in [-0.3, -0.25) is 4.79 Å². The zero-order valence-corrected chi connectivity index (χ0v) is 12.8. The Morgan fingerprint density at radius 2 is 2.26 bits per heavy atom. The highest BCUT2D eigenvalue weighted by Crippen LogP contribution is 2.27. The van der Waals surface area contributed by atoms with Gasteiger partial charge in [-0.2, -0.15) is 0 Å². The van der Waals surface area contributed by atoms with Gasteiger partial charge in [0, 0.05) is 11.9 Å². The maximum atomic E-state index is 12.4. The first-order valence-electron chi connectivity index (χ1n) is 5.83. The second-order valence-electron chi connectivity index (χ2n) is 4.54. The van der Waals surface area contributed by atoms with Gasteiger partial charge in [-0.25, -0.2) is 0 Å². The van der Waals surface area contributed by atoms with Gasteiger partial charge in [-0.15, -0.1) is 11.3 Å². The fourth-order valence-corrected chi connectivity index (χ4v) is 2.86. The van der Waals surface area contributed by atoms with Crippen molar-refractivity contribution in [3.05, 3.63) is 21.3 Å². The zero-order chi connectivity index (χ0) is 14.6. The molecule has 1 amide bonds. The van der Waals surface area contributed by atoms with Gasteiger partial charge in [0.1, 0.15) is 5.41 Å². The summed E-state index contributed by atoms with van der Waals surface area (Å²) in [7, 11) is 1.69. The number of rotatable bonds is 5. The van der Waals surface area contributed by atoms with Gasteiger partial charge in [0.2, 0.25) is 5.91 Å². The summed E-state index contributed by atoms with van der Waals surface area (Å²) in [6, 6.07) is 3.67. The van der Waals surface area contributed by atoms with Crippen LogP contribution in [-0.2, 0) is 11.3 Å². The number of oxime groups is 1. The normalized spacial score (nSPS) is 15.1. The molecule has 1 aromatic heterocycles. The van der Waals surface area contributed by atoms with Gasteiger partial charge in [0.15, 0.2) is 5.84 Å². The van der Waals surface area contributed by atoms with E-state index in [0.717, 1.165) is 4.88 Å². The average Bonchev–Trinajstić information content (AvgIpc) is 2.81. The lowest BCUT2D eigenvalue weighted by Gasteiger charge is -2.30. The van der Waals surface area contributed by atoms with E-state index in [1.165, 1.54) is 11.3 Å². The highest BCUT2D eigenvalue weighted by molar-refractivity contribution is 7.16. The van der Waals surface area contributed by atoms with E-state index in [2.05, 4.69) is 5.16 Å². The van der Waals surface area contributed by atoms with Gasteiger partial charge in [-0.05, 0) is 25.5 Å². The Kier molecular flexibility index (Phi) is 5.20. The van der Waals surface area contributed by atoms with Crippen molar-refractivity contribution in [3.63, 3.8) is 0 Å². The number of hydrogen-bond acceptors (Lipinski definition) is 4. The molecule has 1 atom stereocenters. The van der Waals surface area contributed by atoms with Crippen molar-refractivity contribution in [2.24, 2.45) is 16.3 Å². The lowest BCUT2D eigenvalue weighted by molar-refractivity contribution is -0.137. The van der Waals surface area contributed by atoms with Crippen molar-refractivity contribution in [1.29, 1.82) is 0 Å². The fourth-order valence-electron chi connectivity index (χ4n) is 1.72. The predicted molar refractivity (Wildman–Crippen MR) is 77.6 cm³/mol. The number of carbonyl (C=O) groups excluding carboxylic acids is 1. The molecule has 0 aliphatic heterocycles. The first kappa shape index (κ1) is 15.8. The van der Waals surface area contributed by atoms with Crippen LogP contribution in [0, 0.1) is 5.41 Å². The topological polar surface area (TPSA) is 78.9 Å². The van der Waals surface area contributed by atoms with Crippen LogP contribution < -0.4 is 5.73 Å². The summed E-state index contributed by atoms with van der Waals surface area (Å²) < 4.78 is 0.686. The first-order chi connectivity index (χ1) is 8.85. The van der Waals surface area contributed by atoms with Crippen LogP contribution in [0.5, 0.6) is 0 Å². The highest BCUT2D eigenvalue weighted by Gasteiger charge is 2.38. The molecule has 7 heteroatoms. The molecule has 0 aromatic carbocycles. The number of amides is 1. The standard InChI is InChI=1S/C12H18ClN3O2S/c1-4-12(2,10(14)15-18)11(17)16(3)7-8-5-6-9(13)19-8/h5-6,18H,4,7H2,1-3H3,(H2,14,15). The summed E-state index contributed by atoms with van der Waals surface area (Å²) in [5, 5.41) is 11.8. The summed E-state index contributed by atoms with van der Waals surface area (Å²) >= 11 is 7.28. The lowest BCUT2D eigenvalue weighted by Crippen LogP contribution is -2.47. The fraction of sp³-hybridized carbons (Fsp3) is 0.500. The second kappa shape index (κ2) is 6.25. The lowest BCUT2D eigenvalue weighted by atomic mass is 9.84. The van der Waals surface area contributed by atoms with Crippen LogP contribution in [0.25, 0.3) is 0 Å². The Hall–Kier alpha value is -1.27. The molecule has 0 saturated carbocycles. The molecule has 1 unspecified atom stereocenters. The van der Waals surface area contributed by atoms with Crippen LogP contribution in [0.4, 0.5) is 0 Å². The van der Waals surface area contributed by atoms with Gasteiger partial charge in [-0.1, -0.05) is 23.7 Å². The highest BCUT2D eigenvalue weighted by atomic mass is 35.5. The largest absolute Gasteiger partial charge is 0.409 e. The molecule has 3 N–H and O–H groups in total. The van der Waals surface area contributed by atoms with Gasteiger partial charge >= 0.3 is 0 Å². The molecule has 1 rings (SSSR count). The molecule has 0 aliphatic rings. The minimum absolute atomic E-state index is 0.0731. The molecule has 1 heterocycles. The van der Waals surface area contributed by atoms with Crippen molar-refractivity contribution < 1.29 is 10.0 Å². The molecule has 0 spiro atoms. The van der Waals surface area contributed by atoms with Crippen LogP contribution >= 0.6 is 22.9 Å². The van der Waals surface area contributed by atoms with E-state index in [9.17, 15) is 4.79 Å². The monoisotopic (exact) mass is 303 g/mol. The van der Waals surface area contributed by atoms with Gasteiger partial charge in [0.05, 0.1) is 10.9 Å².